The summed E-state index contributed by atoms with van der Waals surface area (Å²) in [6.07, 6.45) is 2.47. The van der Waals surface area contributed by atoms with Gasteiger partial charge in [0.1, 0.15) is 0 Å². The molecule has 4 N–H and O–H groups in total. The van der Waals surface area contributed by atoms with Crippen molar-refractivity contribution in [1.82, 2.24) is 0 Å². The molecule has 0 spiro atoms. The topological polar surface area (TPSA) is 61.3 Å². The quantitative estimate of drug-likeness (QED) is 0.648. The second-order valence-corrected chi connectivity index (χ2v) is 4.03. The Hall–Kier alpha value is -0.120. The summed E-state index contributed by atoms with van der Waals surface area (Å²) >= 11 is 0. The highest BCUT2D eigenvalue weighted by atomic mass is 16.5. The standard InChI is InChI=1S/C6H15NO.C5H13N/c1-6(2)8-5-3-4-7;1-5(2)3-4-6/h6H,3-5,7H2,1-2H3;5H,3-4,6H2,1-2H3. The van der Waals surface area contributed by atoms with Crippen molar-refractivity contribution in [2.75, 3.05) is 19.7 Å². The summed E-state index contributed by atoms with van der Waals surface area (Å²) in [6.45, 7) is 10.8. The van der Waals surface area contributed by atoms with Gasteiger partial charge in [0, 0.05) is 6.61 Å². The van der Waals surface area contributed by atoms with Crippen LogP contribution in [0.2, 0.25) is 0 Å². The lowest BCUT2D eigenvalue weighted by atomic mass is 10.1. The Morgan fingerprint density at radius 3 is 1.79 bits per heavy atom. The van der Waals surface area contributed by atoms with E-state index < -0.39 is 0 Å². The van der Waals surface area contributed by atoms with Crippen LogP contribution in [0.25, 0.3) is 0 Å². The molecule has 0 aliphatic rings. The molecule has 0 radical (unpaired) electrons. The first kappa shape index (κ1) is 16.3. The Balaban J connectivity index is 0. The Labute approximate surface area is 89.2 Å². The summed E-state index contributed by atoms with van der Waals surface area (Å²) < 4.78 is 5.20. The second-order valence-electron chi connectivity index (χ2n) is 4.03. The molecular formula is C11H28N2O. The first-order valence-electron chi connectivity index (χ1n) is 5.56. The molecule has 0 fully saturated rings. The maximum absolute atomic E-state index is 5.23. The van der Waals surface area contributed by atoms with Crippen LogP contribution in [-0.2, 0) is 4.74 Å². The Morgan fingerprint density at radius 1 is 1.00 bits per heavy atom. The first-order valence-corrected chi connectivity index (χ1v) is 5.56. The van der Waals surface area contributed by atoms with Gasteiger partial charge in [-0.15, -0.1) is 0 Å². The molecule has 0 saturated heterocycles. The SMILES string of the molecule is CC(C)CCN.CC(C)OCCCN. The average molecular weight is 204 g/mol. The van der Waals surface area contributed by atoms with E-state index in [0.717, 1.165) is 38.5 Å². The van der Waals surface area contributed by atoms with Crippen LogP contribution in [0, 0.1) is 5.92 Å². The molecule has 3 heteroatoms. The van der Waals surface area contributed by atoms with E-state index in [4.69, 9.17) is 16.2 Å². The van der Waals surface area contributed by atoms with Crippen molar-refractivity contribution in [3.05, 3.63) is 0 Å². The first-order chi connectivity index (χ1) is 6.54. The van der Waals surface area contributed by atoms with Crippen LogP contribution in [0.3, 0.4) is 0 Å². The van der Waals surface area contributed by atoms with Crippen molar-refractivity contribution in [2.45, 2.75) is 46.6 Å². The molecule has 0 aliphatic carbocycles. The van der Waals surface area contributed by atoms with Crippen LogP contribution in [0.5, 0.6) is 0 Å². The van der Waals surface area contributed by atoms with E-state index in [0.29, 0.717) is 6.10 Å². The maximum Gasteiger partial charge on any atom is 0.0518 e. The van der Waals surface area contributed by atoms with Crippen LogP contribution in [-0.4, -0.2) is 25.8 Å². The van der Waals surface area contributed by atoms with Crippen LogP contribution in [0.15, 0.2) is 0 Å². The van der Waals surface area contributed by atoms with Gasteiger partial charge in [0.15, 0.2) is 0 Å². The molecule has 0 aliphatic heterocycles. The van der Waals surface area contributed by atoms with E-state index in [1.807, 2.05) is 13.8 Å². The van der Waals surface area contributed by atoms with Gasteiger partial charge in [0.25, 0.3) is 0 Å². The molecule has 0 aromatic heterocycles. The van der Waals surface area contributed by atoms with Crippen LogP contribution in [0.1, 0.15) is 40.5 Å². The normalized spacial score (nSPS) is 10.3. The summed E-state index contributed by atoms with van der Waals surface area (Å²) in [4.78, 5) is 0. The summed E-state index contributed by atoms with van der Waals surface area (Å²) in [5.74, 6) is 0.773. The Bertz CT molecular complexity index is 95.3. The third-order valence-corrected chi connectivity index (χ3v) is 1.54. The summed E-state index contributed by atoms with van der Waals surface area (Å²) in [5.41, 5.74) is 10.5. The highest BCUT2D eigenvalue weighted by Crippen LogP contribution is 1.93. The Kier molecular flexibility index (Phi) is 15.0. The maximum atomic E-state index is 5.23. The van der Waals surface area contributed by atoms with Crippen LogP contribution < -0.4 is 11.5 Å². The molecular weight excluding hydrogens is 176 g/mol. The molecule has 0 aromatic carbocycles. The number of ether oxygens (including phenoxy) is 1. The van der Waals surface area contributed by atoms with Crippen molar-refractivity contribution >= 4 is 0 Å². The predicted molar refractivity (Wildman–Crippen MR) is 63.3 cm³/mol. The molecule has 3 nitrogen and oxygen atoms in total. The lowest BCUT2D eigenvalue weighted by molar-refractivity contribution is 0.0782. The van der Waals surface area contributed by atoms with E-state index >= 15 is 0 Å². The number of nitrogens with two attached hydrogens (primary N) is 2. The fourth-order valence-electron chi connectivity index (χ4n) is 0.736. The fraction of sp³-hybridized carbons (Fsp3) is 1.00. The smallest absolute Gasteiger partial charge is 0.0518 e. The summed E-state index contributed by atoms with van der Waals surface area (Å²) in [7, 11) is 0. The average Bonchev–Trinajstić information content (AvgIpc) is 2.05. The zero-order valence-corrected chi connectivity index (χ0v) is 10.3. The van der Waals surface area contributed by atoms with Crippen molar-refractivity contribution in [3.63, 3.8) is 0 Å². The molecule has 14 heavy (non-hydrogen) atoms. The molecule has 0 aromatic rings. The van der Waals surface area contributed by atoms with E-state index in [-0.39, 0.29) is 0 Å². The minimum absolute atomic E-state index is 0.349. The van der Waals surface area contributed by atoms with E-state index in [1.54, 1.807) is 0 Å². The zero-order chi connectivity index (χ0) is 11.4. The van der Waals surface area contributed by atoms with Gasteiger partial charge in [-0.2, -0.15) is 0 Å². The second kappa shape index (κ2) is 12.9. The molecule has 0 unspecified atom stereocenters. The molecule has 0 bridgehead atoms. The third kappa shape index (κ3) is 22.6. The van der Waals surface area contributed by atoms with Crippen LogP contribution in [0.4, 0.5) is 0 Å². The monoisotopic (exact) mass is 204 g/mol. The largest absolute Gasteiger partial charge is 0.379 e. The predicted octanol–water partition coefficient (Wildman–Crippen LogP) is 1.75. The Morgan fingerprint density at radius 2 is 1.57 bits per heavy atom. The minimum atomic E-state index is 0.349. The molecule has 0 saturated carbocycles. The van der Waals surface area contributed by atoms with Gasteiger partial charge in [-0.05, 0) is 45.7 Å². The highest BCUT2D eigenvalue weighted by Gasteiger charge is 1.89. The summed E-state index contributed by atoms with van der Waals surface area (Å²) in [5, 5.41) is 0. The van der Waals surface area contributed by atoms with Gasteiger partial charge in [-0.1, -0.05) is 13.8 Å². The molecule has 0 rings (SSSR count). The van der Waals surface area contributed by atoms with Gasteiger partial charge in [0.2, 0.25) is 0 Å². The van der Waals surface area contributed by atoms with Gasteiger partial charge in [-0.25, -0.2) is 0 Å². The number of rotatable bonds is 6. The lowest BCUT2D eigenvalue weighted by Gasteiger charge is -2.04. The number of hydrogen-bond donors (Lipinski definition) is 2. The van der Waals surface area contributed by atoms with Gasteiger partial charge < -0.3 is 16.2 Å². The van der Waals surface area contributed by atoms with E-state index in [1.165, 1.54) is 0 Å². The fourth-order valence-corrected chi connectivity index (χ4v) is 0.736. The van der Waals surface area contributed by atoms with Crippen molar-refractivity contribution < 1.29 is 4.74 Å². The minimum Gasteiger partial charge on any atom is -0.379 e. The van der Waals surface area contributed by atoms with Crippen LogP contribution >= 0.6 is 0 Å². The third-order valence-electron chi connectivity index (χ3n) is 1.54. The lowest BCUT2D eigenvalue weighted by Crippen LogP contribution is -2.08. The summed E-state index contributed by atoms with van der Waals surface area (Å²) in [6, 6.07) is 0. The molecule has 0 atom stereocenters. The van der Waals surface area contributed by atoms with E-state index in [9.17, 15) is 0 Å². The highest BCUT2D eigenvalue weighted by molar-refractivity contribution is 4.42. The van der Waals surface area contributed by atoms with Crippen molar-refractivity contribution in [2.24, 2.45) is 17.4 Å². The van der Waals surface area contributed by atoms with Gasteiger partial charge in [0.05, 0.1) is 6.10 Å². The number of hydrogen-bond acceptors (Lipinski definition) is 3. The zero-order valence-electron chi connectivity index (χ0n) is 10.3. The van der Waals surface area contributed by atoms with Gasteiger partial charge in [-0.3, -0.25) is 0 Å². The van der Waals surface area contributed by atoms with Gasteiger partial charge >= 0.3 is 0 Å². The van der Waals surface area contributed by atoms with E-state index in [2.05, 4.69) is 13.8 Å². The molecule has 0 heterocycles. The van der Waals surface area contributed by atoms with Crippen molar-refractivity contribution in [3.8, 4) is 0 Å². The van der Waals surface area contributed by atoms with Crippen molar-refractivity contribution in [1.29, 1.82) is 0 Å². The molecule has 0 amide bonds. The molecule has 88 valence electrons.